The number of hydrogen-bond acceptors (Lipinski definition) is 3. The topological polar surface area (TPSA) is 34.0 Å². The molecule has 0 aliphatic carbocycles. The molecule has 3 heteroatoms. The van der Waals surface area contributed by atoms with E-state index in [-0.39, 0.29) is 11.0 Å². The molecule has 0 saturated carbocycles. The van der Waals surface area contributed by atoms with Crippen molar-refractivity contribution >= 4 is 11.4 Å². The summed E-state index contributed by atoms with van der Waals surface area (Å²) in [7, 11) is 0. The molecule has 0 aromatic heterocycles. The number of nitrogens with zero attached hydrogens (tertiary/aromatic N) is 2. The molecule has 2 aromatic carbocycles. The van der Waals surface area contributed by atoms with Gasteiger partial charge in [-0.2, -0.15) is 10.2 Å². The first-order valence-electron chi connectivity index (χ1n) is 7.95. The smallest absolute Gasteiger partial charge is 0.120 e. The van der Waals surface area contributed by atoms with E-state index in [4.69, 9.17) is 4.74 Å². The summed E-state index contributed by atoms with van der Waals surface area (Å²) in [5.41, 5.74) is 2.91. The van der Waals surface area contributed by atoms with Crippen LogP contribution in [0.15, 0.2) is 58.8 Å². The van der Waals surface area contributed by atoms with Gasteiger partial charge in [-0.1, -0.05) is 32.9 Å². The van der Waals surface area contributed by atoms with E-state index >= 15 is 0 Å². The first-order valence-corrected chi connectivity index (χ1v) is 7.95. The maximum Gasteiger partial charge on any atom is 0.120 e. The zero-order chi connectivity index (χ0) is 17.1. The average molecular weight is 310 g/mol. The molecule has 0 amide bonds. The predicted molar refractivity (Wildman–Crippen MR) is 96.1 cm³/mol. The largest absolute Gasteiger partial charge is 0.488 e. The minimum Gasteiger partial charge on any atom is -0.488 e. The first kappa shape index (κ1) is 17.2. The van der Waals surface area contributed by atoms with Gasteiger partial charge < -0.3 is 4.74 Å². The highest BCUT2D eigenvalue weighted by Crippen LogP contribution is 2.26. The van der Waals surface area contributed by atoms with Gasteiger partial charge in [-0.15, -0.1) is 0 Å². The van der Waals surface area contributed by atoms with Gasteiger partial charge >= 0.3 is 0 Å². The van der Waals surface area contributed by atoms with Crippen molar-refractivity contribution in [2.75, 3.05) is 0 Å². The number of azo groups is 1. The van der Waals surface area contributed by atoms with Crippen LogP contribution in [0.2, 0.25) is 0 Å². The monoisotopic (exact) mass is 310 g/mol. The summed E-state index contributed by atoms with van der Waals surface area (Å²) >= 11 is 0. The van der Waals surface area contributed by atoms with Crippen LogP contribution < -0.4 is 4.74 Å². The van der Waals surface area contributed by atoms with Crippen LogP contribution >= 0.6 is 0 Å². The van der Waals surface area contributed by atoms with E-state index in [2.05, 4.69) is 43.1 Å². The Morgan fingerprint density at radius 1 is 0.652 bits per heavy atom. The fraction of sp³-hybridized carbons (Fsp3) is 0.400. The third kappa shape index (κ3) is 5.51. The lowest BCUT2D eigenvalue weighted by molar-refractivity contribution is 0.131. The molecule has 0 heterocycles. The Labute approximate surface area is 139 Å². The molecule has 122 valence electrons. The van der Waals surface area contributed by atoms with Crippen molar-refractivity contribution in [2.45, 2.75) is 52.6 Å². The molecule has 0 spiro atoms. The average Bonchev–Trinajstić information content (AvgIpc) is 2.44. The molecule has 0 saturated heterocycles. The highest BCUT2D eigenvalue weighted by Gasteiger charge is 2.13. The van der Waals surface area contributed by atoms with Crippen LogP contribution in [0, 0.1) is 0 Å². The Kier molecular flexibility index (Phi) is 4.88. The number of hydrogen-bond donors (Lipinski definition) is 0. The quantitative estimate of drug-likeness (QED) is 0.590. The molecular weight excluding hydrogens is 284 g/mol. The van der Waals surface area contributed by atoms with Crippen LogP contribution in [0.3, 0.4) is 0 Å². The Bertz CT molecular complexity index is 657. The van der Waals surface area contributed by atoms with Gasteiger partial charge in [-0.3, -0.25) is 0 Å². The number of ether oxygens (including phenoxy) is 1. The van der Waals surface area contributed by atoms with Gasteiger partial charge in [-0.05, 0) is 68.1 Å². The highest BCUT2D eigenvalue weighted by molar-refractivity contribution is 5.44. The maximum atomic E-state index is 5.79. The molecule has 0 bridgehead atoms. The summed E-state index contributed by atoms with van der Waals surface area (Å²) in [4.78, 5) is 0. The summed E-state index contributed by atoms with van der Waals surface area (Å²) in [6.45, 7) is 12.7. The van der Waals surface area contributed by atoms with Crippen LogP contribution in [0.4, 0.5) is 11.4 Å². The SMILES string of the molecule is CC(C)(C)Oc1ccc(/N=N/c2ccc(C(C)(C)C)cc2)cc1. The zero-order valence-electron chi connectivity index (χ0n) is 14.9. The lowest BCUT2D eigenvalue weighted by atomic mass is 9.87. The second kappa shape index (κ2) is 6.53. The second-order valence-electron chi connectivity index (χ2n) is 7.71. The molecule has 0 radical (unpaired) electrons. The fourth-order valence-corrected chi connectivity index (χ4v) is 2.08. The molecule has 0 atom stereocenters. The van der Waals surface area contributed by atoms with E-state index < -0.39 is 0 Å². The molecule has 0 unspecified atom stereocenters. The minimum absolute atomic E-state index is 0.151. The Balaban J connectivity index is 2.05. The third-order valence-electron chi connectivity index (χ3n) is 3.28. The highest BCUT2D eigenvalue weighted by atomic mass is 16.5. The van der Waals surface area contributed by atoms with E-state index in [1.807, 2.05) is 57.2 Å². The van der Waals surface area contributed by atoms with Crippen molar-refractivity contribution in [3.05, 3.63) is 54.1 Å². The normalized spacial score (nSPS) is 12.6. The molecule has 3 nitrogen and oxygen atoms in total. The van der Waals surface area contributed by atoms with Crippen molar-refractivity contribution in [1.29, 1.82) is 0 Å². The van der Waals surface area contributed by atoms with Crippen molar-refractivity contribution in [3.8, 4) is 5.75 Å². The van der Waals surface area contributed by atoms with Crippen LogP contribution in [0.25, 0.3) is 0 Å². The minimum atomic E-state index is -0.197. The third-order valence-corrected chi connectivity index (χ3v) is 3.28. The molecule has 2 rings (SSSR count). The van der Waals surface area contributed by atoms with Crippen LogP contribution in [-0.4, -0.2) is 5.60 Å². The lowest BCUT2D eigenvalue weighted by Gasteiger charge is -2.21. The van der Waals surface area contributed by atoms with Gasteiger partial charge in [0.15, 0.2) is 0 Å². The fourth-order valence-electron chi connectivity index (χ4n) is 2.08. The van der Waals surface area contributed by atoms with Crippen molar-refractivity contribution < 1.29 is 4.74 Å². The van der Waals surface area contributed by atoms with Gasteiger partial charge in [0.05, 0.1) is 11.4 Å². The van der Waals surface area contributed by atoms with Crippen molar-refractivity contribution in [1.82, 2.24) is 0 Å². The van der Waals surface area contributed by atoms with E-state index in [1.165, 1.54) is 5.56 Å². The Morgan fingerprint density at radius 2 is 1.09 bits per heavy atom. The summed E-state index contributed by atoms with van der Waals surface area (Å²) in [5, 5.41) is 8.56. The van der Waals surface area contributed by atoms with Crippen molar-refractivity contribution in [2.24, 2.45) is 10.2 Å². The Hall–Kier alpha value is -2.16. The second-order valence-corrected chi connectivity index (χ2v) is 7.71. The van der Waals surface area contributed by atoms with Gasteiger partial charge in [0.25, 0.3) is 0 Å². The molecular formula is C20H26N2O. The Morgan fingerprint density at radius 3 is 1.48 bits per heavy atom. The predicted octanol–water partition coefficient (Wildman–Crippen LogP) is 6.58. The molecule has 23 heavy (non-hydrogen) atoms. The first-order chi connectivity index (χ1) is 10.6. The summed E-state index contributed by atoms with van der Waals surface area (Å²) in [6.07, 6.45) is 0. The van der Waals surface area contributed by atoms with Crippen LogP contribution in [0.1, 0.15) is 47.1 Å². The molecule has 0 aliphatic rings. The van der Waals surface area contributed by atoms with E-state index in [0.29, 0.717) is 0 Å². The number of benzene rings is 2. The maximum absolute atomic E-state index is 5.79. The lowest BCUT2D eigenvalue weighted by Crippen LogP contribution is -2.22. The van der Waals surface area contributed by atoms with Gasteiger partial charge in [0.2, 0.25) is 0 Å². The molecule has 0 fully saturated rings. The van der Waals surface area contributed by atoms with Gasteiger partial charge in [-0.25, -0.2) is 0 Å². The summed E-state index contributed by atoms with van der Waals surface area (Å²) in [5.74, 6) is 0.839. The van der Waals surface area contributed by atoms with Gasteiger partial charge in [0.1, 0.15) is 11.4 Å². The van der Waals surface area contributed by atoms with Crippen molar-refractivity contribution in [3.63, 3.8) is 0 Å². The van der Waals surface area contributed by atoms with E-state index in [1.54, 1.807) is 0 Å². The summed E-state index contributed by atoms with van der Waals surface area (Å²) in [6, 6.07) is 15.9. The van der Waals surface area contributed by atoms with E-state index in [0.717, 1.165) is 17.1 Å². The van der Waals surface area contributed by atoms with Crippen LogP contribution in [-0.2, 0) is 5.41 Å². The van der Waals surface area contributed by atoms with Crippen LogP contribution in [0.5, 0.6) is 5.75 Å². The molecule has 2 aromatic rings. The van der Waals surface area contributed by atoms with E-state index in [9.17, 15) is 0 Å². The molecule has 0 N–H and O–H groups in total. The molecule has 0 aliphatic heterocycles. The summed E-state index contributed by atoms with van der Waals surface area (Å²) < 4.78 is 5.79. The zero-order valence-corrected chi connectivity index (χ0v) is 14.9. The standard InChI is InChI=1S/C20H26N2O/c1-19(2,3)15-7-9-16(10-8-15)21-22-17-11-13-18(14-12-17)23-20(4,5)6/h7-14H,1-6H3/b22-21+. The van der Waals surface area contributed by atoms with Gasteiger partial charge in [0, 0.05) is 0 Å². The number of rotatable bonds is 3.